The Bertz CT molecular complexity index is 2860. The third-order valence-corrected chi connectivity index (χ3v) is 10.9. The van der Waals surface area contributed by atoms with Crippen LogP contribution in [-0.4, -0.2) is 102 Å². The minimum atomic E-state index is -2.79. The first-order valence-electron chi connectivity index (χ1n) is 21.5. The zero-order valence-electron chi connectivity index (χ0n) is 36.5. The number of morpholine rings is 2. The summed E-state index contributed by atoms with van der Waals surface area (Å²) in [6.07, 6.45) is -5.57. The molecule has 10 rings (SSSR count). The van der Waals surface area contributed by atoms with E-state index in [1.807, 2.05) is 84.3 Å². The van der Waals surface area contributed by atoms with Crippen molar-refractivity contribution in [1.82, 2.24) is 49.0 Å². The van der Waals surface area contributed by atoms with Crippen LogP contribution in [0.15, 0.2) is 109 Å². The van der Waals surface area contributed by atoms with Crippen LogP contribution in [0.4, 0.5) is 35.4 Å². The summed E-state index contributed by atoms with van der Waals surface area (Å²) in [5.41, 5.74) is 9.73. The molecule has 16 nitrogen and oxygen atoms in total. The van der Waals surface area contributed by atoms with Gasteiger partial charge in [0.05, 0.1) is 54.5 Å². The van der Waals surface area contributed by atoms with Crippen molar-refractivity contribution in [2.24, 2.45) is 5.73 Å². The van der Waals surface area contributed by atoms with Gasteiger partial charge in [0, 0.05) is 32.2 Å². The van der Waals surface area contributed by atoms with E-state index in [1.165, 1.54) is 14.7 Å². The summed E-state index contributed by atoms with van der Waals surface area (Å²) < 4.78 is 68.1. The molecule has 0 saturated carbocycles. The number of imidazole rings is 2. The second-order valence-corrected chi connectivity index (χ2v) is 15.7. The maximum absolute atomic E-state index is 13.9. The van der Waals surface area contributed by atoms with Gasteiger partial charge in [-0.1, -0.05) is 92.4 Å². The fourth-order valence-corrected chi connectivity index (χ4v) is 7.49. The van der Waals surface area contributed by atoms with Crippen LogP contribution < -0.4 is 20.9 Å². The van der Waals surface area contributed by atoms with E-state index in [2.05, 4.69) is 45.2 Å². The predicted octanol–water partition coefficient (Wildman–Crippen LogP) is 9.14. The average molecular weight is 955 g/mol. The summed E-state index contributed by atoms with van der Waals surface area (Å²) in [6, 6.07) is 33.7. The molecule has 2 unspecified atom stereocenters. The number of rotatable bonds is 10. The fraction of sp³-hybridized carbons (Fsp3) is 0.319. The first-order valence-corrected chi connectivity index (χ1v) is 21.9. The molecule has 2 fully saturated rings. The second-order valence-electron chi connectivity index (χ2n) is 15.3. The molecule has 2 aliphatic rings. The highest BCUT2D eigenvalue weighted by Crippen LogP contribution is 2.30. The number of aromatic nitrogens is 10. The Labute approximate surface area is 395 Å². The van der Waals surface area contributed by atoms with Crippen molar-refractivity contribution in [1.29, 1.82) is 0 Å². The predicted molar refractivity (Wildman–Crippen MR) is 254 cm³/mol. The quantitative estimate of drug-likeness (QED) is 0.124. The van der Waals surface area contributed by atoms with Crippen LogP contribution in [-0.2, 0) is 9.47 Å². The number of ether oxygens (including phenoxy) is 2. The fourth-order valence-electron chi connectivity index (χ4n) is 7.34. The monoisotopic (exact) mass is 954 g/mol. The summed E-state index contributed by atoms with van der Waals surface area (Å²) in [5, 5.41) is 3.23. The van der Waals surface area contributed by atoms with Gasteiger partial charge in [-0.2, -0.15) is 29.9 Å². The lowest BCUT2D eigenvalue weighted by Crippen LogP contribution is -2.37. The molecule has 2 saturated heterocycles. The van der Waals surface area contributed by atoms with Gasteiger partial charge in [0.2, 0.25) is 35.0 Å². The van der Waals surface area contributed by atoms with Crippen LogP contribution in [0.3, 0.4) is 0 Å². The molecule has 2 aliphatic heterocycles. The third-order valence-electron chi connectivity index (χ3n) is 10.7. The molecule has 0 spiro atoms. The average Bonchev–Trinajstić information content (AvgIpc) is 3.96. The molecule has 4 aromatic carbocycles. The highest BCUT2D eigenvalue weighted by atomic mass is 35.5. The van der Waals surface area contributed by atoms with Gasteiger partial charge in [-0.05, 0) is 60.8 Å². The van der Waals surface area contributed by atoms with Crippen LogP contribution in [0, 0.1) is 0 Å². The Morgan fingerprint density at radius 3 is 1.38 bits per heavy atom. The molecule has 8 aromatic rings. The molecular weight excluding hydrogens is 904 g/mol. The van der Waals surface area contributed by atoms with Crippen LogP contribution in [0.5, 0.6) is 0 Å². The number of para-hydroxylation sites is 4. The normalized spacial score (nSPS) is 14.7. The Hall–Kier alpha value is -6.87. The molecule has 3 N–H and O–H groups in total. The number of nitrogens with two attached hydrogens (primary N) is 1. The number of hydrogen-bond acceptors (Lipinski definition) is 14. The number of nitrogens with one attached hydrogen (secondary N) is 1. The van der Waals surface area contributed by atoms with Crippen molar-refractivity contribution in [2.75, 3.05) is 67.7 Å². The lowest BCUT2D eigenvalue weighted by molar-refractivity contribution is 0.122. The Balaban J connectivity index is 0.000000172. The van der Waals surface area contributed by atoms with Gasteiger partial charge >= 0.3 is 0 Å². The van der Waals surface area contributed by atoms with E-state index in [0.29, 0.717) is 92.5 Å². The third kappa shape index (κ3) is 11.6. The molecule has 0 amide bonds. The van der Waals surface area contributed by atoms with Crippen LogP contribution in [0.1, 0.15) is 69.0 Å². The first-order chi connectivity index (χ1) is 32.5. The molecule has 0 aliphatic carbocycles. The molecule has 0 radical (unpaired) electrons. The summed E-state index contributed by atoms with van der Waals surface area (Å²) in [5.74, 6) is 0.314. The molecule has 0 bridgehead atoms. The van der Waals surface area contributed by atoms with Gasteiger partial charge in [-0.3, -0.25) is 9.13 Å². The van der Waals surface area contributed by atoms with Gasteiger partial charge in [-0.25, -0.2) is 27.5 Å². The van der Waals surface area contributed by atoms with E-state index in [-0.39, 0.29) is 36.7 Å². The molecular formula is C47H51ClF4N14O2. The number of nitrogens with zero attached hydrogens (tertiary/aromatic N) is 12. The highest BCUT2D eigenvalue weighted by molar-refractivity contribution is 6.28. The second kappa shape index (κ2) is 22.8. The molecule has 21 heteroatoms. The Kier molecular flexibility index (Phi) is 16.4. The van der Waals surface area contributed by atoms with Gasteiger partial charge in [0.1, 0.15) is 0 Å². The van der Waals surface area contributed by atoms with Crippen LogP contribution in [0.2, 0.25) is 5.28 Å². The first kappa shape index (κ1) is 49.0. The SMILES string of the molecule is C.CC(N)c1ccccc1.CC(Nc1nc(N2CCOCC2)nc(-n2c(C(F)F)nc3ccccc32)n1)c1ccccc1.FC(F)c1nc2ccccc2n1-c1nc(Cl)nc(N2CCOCC2)n1. The maximum Gasteiger partial charge on any atom is 0.296 e. The lowest BCUT2D eigenvalue weighted by Gasteiger charge is -2.27. The number of fused-ring (bicyclic) bond motifs is 2. The minimum Gasteiger partial charge on any atom is -0.378 e. The van der Waals surface area contributed by atoms with Crippen molar-refractivity contribution in [2.45, 2.75) is 46.2 Å². The van der Waals surface area contributed by atoms with Crippen molar-refractivity contribution in [3.63, 3.8) is 0 Å². The standard InChI is InChI=1S/C23H23F2N7O.C15H13ClF2N6O.C8H11N.CH4/c1-15(16-7-3-2-4-8-16)26-21-28-22(31-11-13-33-14-12-31)30-23(29-21)32-18-10-6-5-9-17(18)27-20(32)19(24)25;16-13-20-14(23-5-7-25-8-6-23)22-15(21-13)24-10-4-2-1-3-9(10)19-12(24)11(17)18;1-7(9)8-5-3-2-4-6-8;/h2-10,15,19H,11-14H2,1H3,(H,26,28,29,30);1-4,11H,5-8H2;2-7H,9H2,1H3;1H4. The van der Waals surface area contributed by atoms with Crippen molar-refractivity contribution >= 4 is 51.5 Å². The van der Waals surface area contributed by atoms with Gasteiger partial charge in [0.15, 0.2) is 11.6 Å². The lowest BCUT2D eigenvalue weighted by atomic mass is 10.1. The number of alkyl halides is 4. The molecule has 68 heavy (non-hydrogen) atoms. The van der Waals surface area contributed by atoms with Crippen molar-refractivity contribution in [3.05, 3.63) is 137 Å². The van der Waals surface area contributed by atoms with E-state index in [1.54, 1.807) is 48.5 Å². The number of halogens is 5. The van der Waals surface area contributed by atoms with E-state index in [9.17, 15) is 17.6 Å². The van der Waals surface area contributed by atoms with E-state index < -0.39 is 24.5 Å². The summed E-state index contributed by atoms with van der Waals surface area (Å²) in [6.45, 7) is 8.51. The minimum absolute atomic E-state index is 0. The largest absolute Gasteiger partial charge is 0.378 e. The zero-order chi connectivity index (χ0) is 46.9. The molecule has 4 aromatic heterocycles. The summed E-state index contributed by atoms with van der Waals surface area (Å²) >= 11 is 6.03. The van der Waals surface area contributed by atoms with Crippen LogP contribution >= 0.6 is 11.6 Å². The number of hydrogen-bond donors (Lipinski definition) is 2. The highest BCUT2D eigenvalue weighted by Gasteiger charge is 2.26. The molecule has 2 atom stereocenters. The Morgan fingerprint density at radius 2 is 0.926 bits per heavy atom. The zero-order valence-corrected chi connectivity index (χ0v) is 37.3. The number of benzene rings is 4. The number of anilines is 3. The summed E-state index contributed by atoms with van der Waals surface area (Å²) in [7, 11) is 0. The van der Waals surface area contributed by atoms with Gasteiger partial charge in [0.25, 0.3) is 12.9 Å². The van der Waals surface area contributed by atoms with Crippen molar-refractivity contribution in [3.8, 4) is 11.9 Å². The topological polar surface area (TPSA) is 176 Å². The van der Waals surface area contributed by atoms with Crippen molar-refractivity contribution < 1.29 is 27.0 Å². The van der Waals surface area contributed by atoms with E-state index in [4.69, 9.17) is 26.8 Å². The van der Waals surface area contributed by atoms with Gasteiger partial charge < -0.3 is 30.3 Å². The Morgan fingerprint density at radius 1 is 0.529 bits per heavy atom. The summed E-state index contributed by atoms with van der Waals surface area (Å²) in [4.78, 5) is 38.2. The maximum atomic E-state index is 13.9. The van der Waals surface area contributed by atoms with E-state index in [0.717, 1.165) is 5.56 Å². The molecule has 6 heterocycles. The smallest absolute Gasteiger partial charge is 0.296 e. The van der Waals surface area contributed by atoms with E-state index >= 15 is 0 Å². The van der Waals surface area contributed by atoms with Crippen LogP contribution in [0.25, 0.3) is 34.0 Å². The van der Waals surface area contributed by atoms with Gasteiger partial charge in [-0.15, -0.1) is 0 Å². The molecule has 356 valence electrons.